The number of hydrogen-bond acceptors (Lipinski definition) is 3. The Balaban J connectivity index is 2.31. The van der Waals surface area contributed by atoms with E-state index < -0.39 is 18.1 Å². The highest BCUT2D eigenvalue weighted by atomic mass is 79.9. The minimum Gasteiger partial charge on any atom is -0.465 e. The van der Waals surface area contributed by atoms with E-state index in [0.717, 1.165) is 4.47 Å². The van der Waals surface area contributed by atoms with E-state index >= 15 is 0 Å². The van der Waals surface area contributed by atoms with Crippen molar-refractivity contribution in [2.45, 2.75) is 25.9 Å². The molecule has 6 heteroatoms. The molecule has 0 radical (unpaired) electrons. The smallest absolute Gasteiger partial charge is 0.325 e. The Morgan fingerprint density at radius 3 is 2.90 bits per heavy atom. The first kappa shape index (κ1) is 15.9. The van der Waals surface area contributed by atoms with Crippen LogP contribution in [0.3, 0.4) is 0 Å². The number of carbonyl (C=O) groups is 2. The molecule has 1 aromatic rings. The van der Waals surface area contributed by atoms with Gasteiger partial charge in [-0.15, -0.1) is 0 Å². The van der Waals surface area contributed by atoms with Gasteiger partial charge in [0.25, 0.3) is 5.91 Å². The van der Waals surface area contributed by atoms with Gasteiger partial charge >= 0.3 is 5.97 Å². The lowest BCUT2D eigenvalue weighted by Crippen LogP contribution is -2.44. The molecule has 2 rings (SSSR count). The fourth-order valence-corrected chi connectivity index (χ4v) is 2.89. The highest BCUT2D eigenvalue weighted by molar-refractivity contribution is 9.10. The van der Waals surface area contributed by atoms with E-state index in [1.54, 1.807) is 25.1 Å². The Morgan fingerprint density at radius 2 is 2.29 bits per heavy atom. The number of rotatable bonds is 4. The van der Waals surface area contributed by atoms with Gasteiger partial charge in [-0.25, -0.2) is 4.39 Å². The second-order valence-corrected chi connectivity index (χ2v) is 5.92. The van der Waals surface area contributed by atoms with Crippen molar-refractivity contribution in [2.24, 2.45) is 0 Å². The number of ether oxygens (including phenoxy) is 1. The molecule has 0 bridgehead atoms. The number of carbonyl (C=O) groups excluding carboxylic acids is 2. The van der Waals surface area contributed by atoms with E-state index in [1.165, 1.54) is 11.8 Å². The van der Waals surface area contributed by atoms with Crippen LogP contribution >= 0.6 is 15.9 Å². The van der Waals surface area contributed by atoms with Gasteiger partial charge in [0.05, 0.1) is 6.61 Å². The number of fused-ring (bicyclic) bond motifs is 1. The van der Waals surface area contributed by atoms with Crippen LogP contribution in [-0.2, 0) is 9.53 Å². The molecule has 0 fully saturated rings. The molecule has 0 aliphatic carbocycles. The first-order chi connectivity index (χ1) is 9.93. The second kappa shape index (κ2) is 6.56. The van der Waals surface area contributed by atoms with E-state index in [4.69, 9.17) is 4.74 Å². The van der Waals surface area contributed by atoms with Crippen molar-refractivity contribution in [3.8, 4) is 0 Å². The van der Waals surface area contributed by atoms with Gasteiger partial charge in [-0.1, -0.05) is 15.9 Å². The molecular formula is C15H17BrFNO3. The molecule has 0 saturated heterocycles. The molecule has 0 N–H and O–H groups in total. The topological polar surface area (TPSA) is 46.6 Å². The lowest BCUT2D eigenvalue weighted by Gasteiger charge is -2.34. The lowest BCUT2D eigenvalue weighted by molar-refractivity contribution is -0.144. The van der Waals surface area contributed by atoms with Crippen molar-refractivity contribution in [2.75, 3.05) is 19.7 Å². The number of amides is 1. The Kier molecular flexibility index (Phi) is 4.98. The maximum Gasteiger partial charge on any atom is 0.325 e. The molecule has 114 valence electrons. The maximum absolute atomic E-state index is 13.9. The average molecular weight is 358 g/mol. The van der Waals surface area contributed by atoms with E-state index in [2.05, 4.69) is 15.9 Å². The largest absolute Gasteiger partial charge is 0.465 e. The molecule has 1 amide bonds. The van der Waals surface area contributed by atoms with Gasteiger partial charge in [-0.2, -0.15) is 0 Å². The lowest BCUT2D eigenvalue weighted by atomic mass is 9.86. The third-order valence-corrected chi connectivity index (χ3v) is 4.02. The molecule has 1 unspecified atom stereocenters. The number of nitrogens with zero attached hydrogens (tertiary/aromatic N) is 1. The summed E-state index contributed by atoms with van der Waals surface area (Å²) in [5, 5.41) is 0. The monoisotopic (exact) mass is 357 g/mol. The average Bonchev–Trinajstić information content (AvgIpc) is 2.41. The minimum absolute atomic E-state index is 0.147. The summed E-state index contributed by atoms with van der Waals surface area (Å²) in [6.07, 6.45) is -1.11. The number of benzene rings is 1. The first-order valence-electron chi connectivity index (χ1n) is 6.82. The molecule has 0 spiro atoms. The van der Waals surface area contributed by atoms with Crippen molar-refractivity contribution >= 4 is 27.8 Å². The Bertz CT molecular complexity index is 562. The second-order valence-electron chi connectivity index (χ2n) is 5.01. The molecule has 2 atom stereocenters. The Morgan fingerprint density at radius 1 is 1.57 bits per heavy atom. The quantitative estimate of drug-likeness (QED) is 0.778. The molecule has 1 aliphatic heterocycles. The van der Waals surface area contributed by atoms with Crippen LogP contribution in [-0.4, -0.2) is 42.6 Å². The summed E-state index contributed by atoms with van der Waals surface area (Å²) >= 11 is 3.34. The molecule has 4 nitrogen and oxygen atoms in total. The molecule has 1 aliphatic rings. The van der Waals surface area contributed by atoms with Crippen LogP contribution in [0.15, 0.2) is 22.7 Å². The molecule has 21 heavy (non-hydrogen) atoms. The van der Waals surface area contributed by atoms with Crippen molar-refractivity contribution in [3.05, 3.63) is 33.8 Å². The SMILES string of the molecule is CCOC(=O)CN1C[C@H](C(C)F)c2cc(Br)ccc2C1=O. The third-order valence-electron chi connectivity index (χ3n) is 3.53. The van der Waals surface area contributed by atoms with E-state index in [1.807, 2.05) is 0 Å². The highest BCUT2D eigenvalue weighted by Crippen LogP contribution is 2.33. The van der Waals surface area contributed by atoms with Crippen molar-refractivity contribution in [3.63, 3.8) is 0 Å². The zero-order chi connectivity index (χ0) is 15.6. The van der Waals surface area contributed by atoms with Gasteiger partial charge in [0.1, 0.15) is 12.7 Å². The van der Waals surface area contributed by atoms with Gasteiger partial charge in [-0.05, 0) is 37.6 Å². The first-order valence-corrected chi connectivity index (χ1v) is 7.61. The molecular weight excluding hydrogens is 341 g/mol. The Hall–Kier alpha value is -1.43. The Labute approximate surface area is 131 Å². The van der Waals surface area contributed by atoms with Crippen LogP contribution in [0.2, 0.25) is 0 Å². The highest BCUT2D eigenvalue weighted by Gasteiger charge is 2.35. The number of alkyl halides is 1. The standard InChI is InChI=1S/C15H17BrFNO3/c1-3-21-14(19)8-18-7-13(9(2)17)12-6-10(16)4-5-11(12)15(18)20/h4-6,9,13H,3,7-8H2,1-2H3/t9?,13-/m1/s1. The molecule has 1 heterocycles. The predicted octanol–water partition coefficient (Wildman–Crippen LogP) is 2.91. The summed E-state index contributed by atoms with van der Waals surface area (Å²) in [6, 6.07) is 5.18. The van der Waals surface area contributed by atoms with Crippen LogP contribution in [0.4, 0.5) is 4.39 Å². The fourth-order valence-electron chi connectivity index (χ4n) is 2.52. The van der Waals surface area contributed by atoms with E-state index in [-0.39, 0.29) is 25.6 Å². The van der Waals surface area contributed by atoms with E-state index in [0.29, 0.717) is 11.1 Å². The van der Waals surface area contributed by atoms with Gasteiger partial charge in [0.15, 0.2) is 0 Å². The summed E-state index contributed by atoms with van der Waals surface area (Å²) < 4.78 is 19.6. The van der Waals surface area contributed by atoms with E-state index in [9.17, 15) is 14.0 Å². The number of halogens is 2. The van der Waals surface area contributed by atoms with Crippen LogP contribution in [0.1, 0.15) is 35.7 Å². The normalized spacial score (nSPS) is 19.1. The van der Waals surface area contributed by atoms with Gasteiger partial charge in [-0.3, -0.25) is 9.59 Å². The number of esters is 1. The zero-order valence-electron chi connectivity index (χ0n) is 11.9. The van der Waals surface area contributed by atoms with Crippen molar-refractivity contribution in [1.82, 2.24) is 4.90 Å². The van der Waals surface area contributed by atoms with Crippen molar-refractivity contribution in [1.29, 1.82) is 0 Å². The maximum atomic E-state index is 13.9. The molecule has 0 saturated carbocycles. The predicted molar refractivity (Wildman–Crippen MR) is 80.0 cm³/mol. The fraction of sp³-hybridized carbons (Fsp3) is 0.467. The molecule has 1 aromatic carbocycles. The summed E-state index contributed by atoms with van der Waals surface area (Å²) in [6.45, 7) is 3.46. The van der Waals surface area contributed by atoms with Crippen LogP contribution in [0.25, 0.3) is 0 Å². The summed E-state index contributed by atoms with van der Waals surface area (Å²) in [4.78, 5) is 25.4. The summed E-state index contributed by atoms with van der Waals surface area (Å²) in [5.74, 6) is -1.18. The third kappa shape index (κ3) is 3.43. The van der Waals surface area contributed by atoms with Gasteiger partial charge in [0.2, 0.25) is 0 Å². The molecule has 0 aromatic heterocycles. The van der Waals surface area contributed by atoms with Crippen molar-refractivity contribution < 1.29 is 18.7 Å². The van der Waals surface area contributed by atoms with Gasteiger partial charge < -0.3 is 9.64 Å². The number of hydrogen-bond donors (Lipinski definition) is 0. The zero-order valence-corrected chi connectivity index (χ0v) is 13.5. The minimum atomic E-state index is -1.11. The summed E-state index contributed by atoms with van der Waals surface area (Å²) in [7, 11) is 0. The van der Waals surface area contributed by atoms with Gasteiger partial charge in [0, 0.05) is 22.5 Å². The summed E-state index contributed by atoms with van der Waals surface area (Å²) in [5.41, 5.74) is 1.13. The van der Waals surface area contributed by atoms with Crippen LogP contribution in [0, 0.1) is 0 Å². The van der Waals surface area contributed by atoms with Crippen LogP contribution in [0.5, 0.6) is 0 Å². The van der Waals surface area contributed by atoms with Crippen LogP contribution < -0.4 is 0 Å².